The van der Waals surface area contributed by atoms with Crippen LogP contribution in [0.2, 0.25) is 0 Å². The maximum Gasteiger partial charge on any atom is 0.240 e. The molecule has 3 aromatic rings. The zero-order chi connectivity index (χ0) is 19.2. The first kappa shape index (κ1) is 18.3. The van der Waals surface area contributed by atoms with Crippen LogP contribution in [0.15, 0.2) is 53.4 Å². The van der Waals surface area contributed by atoms with Gasteiger partial charge in [0.25, 0.3) is 0 Å². The molecule has 4 rings (SSSR count). The fourth-order valence-electron chi connectivity index (χ4n) is 3.90. The first-order valence-corrected chi connectivity index (χ1v) is 10.9. The van der Waals surface area contributed by atoms with Crippen LogP contribution in [0.5, 0.6) is 0 Å². The molecule has 2 N–H and O–H groups in total. The van der Waals surface area contributed by atoms with Crippen molar-refractivity contribution in [1.29, 1.82) is 0 Å². The summed E-state index contributed by atoms with van der Waals surface area (Å²) in [5.41, 5.74) is 4.74. The van der Waals surface area contributed by atoms with Gasteiger partial charge < -0.3 is 4.98 Å². The van der Waals surface area contributed by atoms with Crippen LogP contribution in [0.3, 0.4) is 0 Å². The molecule has 0 bridgehead atoms. The highest BCUT2D eigenvalue weighted by atomic mass is 32.2. The lowest BCUT2D eigenvalue weighted by Gasteiger charge is -2.24. The summed E-state index contributed by atoms with van der Waals surface area (Å²) in [6.45, 7) is 6.36. The number of aromatic amines is 1. The normalized spacial score (nSPS) is 17.8. The summed E-state index contributed by atoms with van der Waals surface area (Å²) in [5.74, 6) is 0. The van der Waals surface area contributed by atoms with E-state index in [1.807, 2.05) is 24.3 Å². The van der Waals surface area contributed by atoms with Crippen LogP contribution in [0.1, 0.15) is 44.0 Å². The van der Waals surface area contributed by atoms with Crippen LogP contribution in [-0.4, -0.2) is 19.4 Å². The summed E-state index contributed by atoms with van der Waals surface area (Å²) < 4.78 is 28.6. The van der Waals surface area contributed by atoms with Gasteiger partial charge in [-0.25, -0.2) is 13.1 Å². The quantitative estimate of drug-likeness (QED) is 0.709. The Bertz CT molecular complexity index is 1070. The fraction of sp³-hybridized carbons (Fsp3) is 0.364. The molecule has 1 unspecified atom stereocenters. The molecule has 1 heterocycles. The number of H-pyrrole nitrogens is 1. The van der Waals surface area contributed by atoms with Crippen molar-refractivity contribution in [1.82, 2.24) is 9.71 Å². The minimum absolute atomic E-state index is 0.00507. The minimum atomic E-state index is -3.52. The molecule has 0 radical (unpaired) electrons. The molecule has 27 heavy (non-hydrogen) atoms. The van der Waals surface area contributed by atoms with Crippen LogP contribution >= 0.6 is 0 Å². The van der Waals surface area contributed by atoms with Crippen molar-refractivity contribution in [2.45, 2.75) is 56.4 Å². The van der Waals surface area contributed by atoms with E-state index >= 15 is 0 Å². The molecule has 1 aliphatic carbocycles. The van der Waals surface area contributed by atoms with Gasteiger partial charge in [0.05, 0.1) is 4.90 Å². The minimum Gasteiger partial charge on any atom is -0.358 e. The number of sulfonamides is 1. The number of fused-ring (bicyclic) bond motifs is 3. The predicted octanol–water partition coefficient (Wildman–Crippen LogP) is 4.30. The Morgan fingerprint density at radius 1 is 1.04 bits per heavy atom. The molecule has 1 atom stereocenters. The Kier molecular flexibility index (Phi) is 4.40. The van der Waals surface area contributed by atoms with Crippen molar-refractivity contribution in [2.24, 2.45) is 0 Å². The molecule has 1 aromatic heterocycles. The molecule has 0 amide bonds. The van der Waals surface area contributed by atoms with Crippen LogP contribution in [0, 0.1) is 0 Å². The van der Waals surface area contributed by atoms with Crippen molar-refractivity contribution in [3.63, 3.8) is 0 Å². The van der Waals surface area contributed by atoms with Crippen LogP contribution in [-0.2, 0) is 28.3 Å². The molecule has 4 nitrogen and oxygen atoms in total. The van der Waals surface area contributed by atoms with Crippen molar-refractivity contribution in [3.8, 4) is 0 Å². The number of hydrogen-bond donors (Lipinski definition) is 2. The van der Waals surface area contributed by atoms with Gasteiger partial charge >= 0.3 is 0 Å². The topological polar surface area (TPSA) is 62.0 Å². The molecule has 0 saturated carbocycles. The Hall–Kier alpha value is -2.11. The second-order valence-corrected chi connectivity index (χ2v) is 10.2. The van der Waals surface area contributed by atoms with Gasteiger partial charge in [0.1, 0.15) is 0 Å². The van der Waals surface area contributed by atoms with E-state index in [1.54, 1.807) is 12.1 Å². The summed E-state index contributed by atoms with van der Waals surface area (Å²) in [5, 5.41) is 1.26. The molecule has 5 heteroatoms. The van der Waals surface area contributed by atoms with E-state index in [1.165, 1.54) is 10.9 Å². The van der Waals surface area contributed by atoms with Gasteiger partial charge in [-0.1, -0.05) is 51.1 Å². The number of aromatic nitrogens is 1. The average molecular weight is 383 g/mol. The Labute approximate surface area is 161 Å². The molecule has 0 fully saturated rings. The number of hydrogen-bond acceptors (Lipinski definition) is 2. The van der Waals surface area contributed by atoms with E-state index in [0.717, 1.165) is 29.6 Å². The van der Waals surface area contributed by atoms with E-state index in [0.29, 0.717) is 11.3 Å². The fourth-order valence-corrected chi connectivity index (χ4v) is 5.18. The van der Waals surface area contributed by atoms with Gasteiger partial charge in [-0.05, 0) is 47.6 Å². The van der Waals surface area contributed by atoms with Gasteiger partial charge in [0.15, 0.2) is 0 Å². The van der Waals surface area contributed by atoms with Crippen molar-refractivity contribution >= 4 is 20.9 Å². The third-order valence-electron chi connectivity index (χ3n) is 5.45. The lowest BCUT2D eigenvalue weighted by Crippen LogP contribution is -2.38. The van der Waals surface area contributed by atoms with Crippen LogP contribution < -0.4 is 4.72 Å². The maximum absolute atomic E-state index is 12.8. The van der Waals surface area contributed by atoms with Gasteiger partial charge in [0.2, 0.25) is 10.0 Å². The molecular weight excluding hydrogens is 356 g/mol. The van der Waals surface area contributed by atoms with Gasteiger partial charge in [-0.3, -0.25) is 0 Å². The lowest BCUT2D eigenvalue weighted by molar-refractivity contribution is 0.505. The van der Waals surface area contributed by atoms with Gasteiger partial charge in [-0.2, -0.15) is 0 Å². The van der Waals surface area contributed by atoms with E-state index in [9.17, 15) is 8.42 Å². The molecule has 142 valence electrons. The lowest BCUT2D eigenvalue weighted by atomic mass is 9.87. The molecule has 2 aromatic carbocycles. The van der Waals surface area contributed by atoms with Crippen molar-refractivity contribution in [2.75, 3.05) is 0 Å². The highest BCUT2D eigenvalue weighted by Gasteiger charge is 2.27. The first-order valence-electron chi connectivity index (χ1n) is 9.45. The van der Waals surface area contributed by atoms with Gasteiger partial charge in [-0.15, -0.1) is 0 Å². The van der Waals surface area contributed by atoms with Gasteiger partial charge in [0, 0.05) is 29.1 Å². The second kappa shape index (κ2) is 6.50. The third-order valence-corrected chi connectivity index (χ3v) is 6.98. The first-order chi connectivity index (χ1) is 12.7. The zero-order valence-electron chi connectivity index (χ0n) is 16.0. The Morgan fingerprint density at radius 3 is 2.44 bits per heavy atom. The summed E-state index contributed by atoms with van der Waals surface area (Å²) in [6, 6.07) is 15.4. The highest BCUT2D eigenvalue weighted by molar-refractivity contribution is 7.89. The highest BCUT2D eigenvalue weighted by Crippen LogP contribution is 2.30. The van der Waals surface area contributed by atoms with E-state index in [-0.39, 0.29) is 11.5 Å². The van der Waals surface area contributed by atoms with Crippen LogP contribution in [0.25, 0.3) is 10.9 Å². The maximum atomic E-state index is 12.8. The largest absolute Gasteiger partial charge is 0.358 e. The number of rotatable bonds is 3. The van der Waals surface area contributed by atoms with E-state index < -0.39 is 10.0 Å². The number of aryl methyl sites for hydroxylation is 1. The predicted molar refractivity (Wildman–Crippen MR) is 110 cm³/mol. The number of para-hydroxylation sites is 1. The zero-order valence-corrected chi connectivity index (χ0v) is 16.9. The monoisotopic (exact) mass is 382 g/mol. The summed E-state index contributed by atoms with van der Waals surface area (Å²) in [4.78, 5) is 3.79. The Morgan fingerprint density at radius 2 is 1.74 bits per heavy atom. The third kappa shape index (κ3) is 3.54. The SMILES string of the molecule is CC(C)(C)c1ccc(S(=O)(=O)NC2CCc3c([nH]c4ccccc34)C2)cc1. The smallest absolute Gasteiger partial charge is 0.240 e. The molecular formula is C22H26N2O2S. The van der Waals surface area contributed by atoms with Crippen LogP contribution in [0.4, 0.5) is 0 Å². The van der Waals surface area contributed by atoms with Crippen molar-refractivity contribution in [3.05, 3.63) is 65.4 Å². The standard InChI is InChI=1S/C22H26N2O2S/c1-22(2,3)15-8-11-17(12-9-15)27(25,26)24-16-10-13-19-18-6-4-5-7-20(18)23-21(19)14-16/h4-9,11-12,16,23-24H,10,13-14H2,1-3H3. The van der Waals surface area contributed by atoms with E-state index in [2.05, 4.69) is 42.6 Å². The number of nitrogens with one attached hydrogen (secondary N) is 2. The number of benzene rings is 2. The molecule has 0 spiro atoms. The van der Waals surface area contributed by atoms with Crippen molar-refractivity contribution < 1.29 is 8.42 Å². The average Bonchev–Trinajstić information content (AvgIpc) is 2.98. The Balaban J connectivity index is 1.53. The van der Waals surface area contributed by atoms with E-state index in [4.69, 9.17) is 0 Å². The summed E-state index contributed by atoms with van der Waals surface area (Å²) in [7, 11) is -3.52. The molecule has 1 aliphatic rings. The summed E-state index contributed by atoms with van der Waals surface area (Å²) >= 11 is 0. The molecule has 0 saturated heterocycles. The summed E-state index contributed by atoms with van der Waals surface area (Å²) in [6.07, 6.45) is 2.40. The second-order valence-electron chi connectivity index (χ2n) is 8.46. The molecule has 0 aliphatic heterocycles.